The predicted octanol–water partition coefficient (Wildman–Crippen LogP) is 7.72. The maximum Gasteiger partial charge on any atom is 0.132 e. The van der Waals surface area contributed by atoms with Crippen molar-refractivity contribution in [1.82, 2.24) is 0 Å². The number of hydrogen-bond donors (Lipinski definition) is 3. The number of ether oxygens (including phenoxy) is 1. The first kappa shape index (κ1) is 20.7. The Morgan fingerprint density at radius 3 is 1.67 bits per heavy atom. The molecular formula is C32H22O4. The minimum absolute atomic E-state index is 0.155. The third kappa shape index (κ3) is 2.70. The van der Waals surface area contributed by atoms with Gasteiger partial charge in [0.25, 0.3) is 0 Å². The standard InChI is InChI=1S/C32H22O4/c1-32(26-13-8-18-4-2-3-5-23(18)31(26)35)29-24-16-21(33)11-6-19(24)9-14-27(29)36-28-15-10-20-7-12-22(34)17-25(20)30(28)32/h2-17,33-35H,1H3. The van der Waals surface area contributed by atoms with Crippen molar-refractivity contribution >= 4 is 32.3 Å². The number of phenolic OH excluding ortho intramolecular Hbond substituents is 3. The summed E-state index contributed by atoms with van der Waals surface area (Å²) in [5, 5.41) is 37.9. The van der Waals surface area contributed by atoms with Crippen molar-refractivity contribution in [1.29, 1.82) is 0 Å². The second-order valence-corrected chi connectivity index (χ2v) is 9.60. The molecule has 0 bridgehead atoms. The highest BCUT2D eigenvalue weighted by molar-refractivity contribution is 5.99. The van der Waals surface area contributed by atoms with Crippen LogP contribution in [0.15, 0.2) is 97.1 Å². The molecule has 0 radical (unpaired) electrons. The first-order chi connectivity index (χ1) is 17.4. The van der Waals surface area contributed by atoms with E-state index >= 15 is 0 Å². The second-order valence-electron chi connectivity index (χ2n) is 9.60. The number of phenols is 3. The molecule has 0 spiro atoms. The number of aromatic hydroxyl groups is 3. The molecule has 174 valence electrons. The lowest BCUT2D eigenvalue weighted by molar-refractivity contribution is 0.420. The van der Waals surface area contributed by atoms with Crippen LogP contribution in [0.3, 0.4) is 0 Å². The first-order valence-electron chi connectivity index (χ1n) is 11.9. The minimum Gasteiger partial charge on any atom is -0.508 e. The van der Waals surface area contributed by atoms with Crippen LogP contribution in [0.25, 0.3) is 32.3 Å². The van der Waals surface area contributed by atoms with Gasteiger partial charge >= 0.3 is 0 Å². The lowest BCUT2D eigenvalue weighted by atomic mass is 9.66. The summed E-state index contributed by atoms with van der Waals surface area (Å²) in [6.07, 6.45) is 0. The molecule has 1 aliphatic heterocycles. The van der Waals surface area contributed by atoms with E-state index in [2.05, 4.69) is 6.92 Å². The van der Waals surface area contributed by atoms with E-state index < -0.39 is 5.41 Å². The van der Waals surface area contributed by atoms with Crippen LogP contribution in [0.1, 0.15) is 23.6 Å². The molecule has 0 atom stereocenters. The monoisotopic (exact) mass is 470 g/mol. The summed E-state index contributed by atoms with van der Waals surface area (Å²) in [6, 6.07) is 30.2. The molecule has 0 amide bonds. The van der Waals surface area contributed by atoms with Crippen molar-refractivity contribution in [2.45, 2.75) is 12.3 Å². The number of benzene rings is 6. The van der Waals surface area contributed by atoms with Gasteiger partial charge in [0.2, 0.25) is 0 Å². The summed E-state index contributed by atoms with van der Waals surface area (Å²) in [7, 11) is 0. The third-order valence-electron chi connectivity index (χ3n) is 7.59. The summed E-state index contributed by atoms with van der Waals surface area (Å²) in [4.78, 5) is 0. The Labute approximate surface area is 207 Å². The maximum atomic E-state index is 11.7. The molecule has 0 aliphatic carbocycles. The Hall–Kier alpha value is -4.70. The van der Waals surface area contributed by atoms with Crippen LogP contribution in [-0.2, 0) is 5.41 Å². The molecule has 1 heterocycles. The molecule has 0 saturated heterocycles. The van der Waals surface area contributed by atoms with E-state index in [1.807, 2.05) is 72.8 Å². The SMILES string of the molecule is CC1(c2ccc3ccccc3c2O)c2c(ccc3ccc(O)cc23)Oc2ccc3ccc(O)cc3c21. The van der Waals surface area contributed by atoms with E-state index in [0.717, 1.165) is 49.0 Å². The first-order valence-corrected chi connectivity index (χ1v) is 11.9. The fourth-order valence-electron chi connectivity index (χ4n) is 5.95. The lowest BCUT2D eigenvalue weighted by Gasteiger charge is -2.40. The van der Waals surface area contributed by atoms with E-state index in [4.69, 9.17) is 4.74 Å². The molecule has 0 unspecified atom stereocenters. The topological polar surface area (TPSA) is 69.9 Å². The van der Waals surface area contributed by atoms with E-state index in [1.165, 1.54) is 0 Å². The van der Waals surface area contributed by atoms with Crippen LogP contribution in [-0.4, -0.2) is 15.3 Å². The van der Waals surface area contributed by atoms with Gasteiger partial charge in [0.1, 0.15) is 28.7 Å². The van der Waals surface area contributed by atoms with Gasteiger partial charge in [-0.3, -0.25) is 0 Å². The van der Waals surface area contributed by atoms with Gasteiger partial charge < -0.3 is 20.1 Å². The minimum atomic E-state index is -0.877. The van der Waals surface area contributed by atoms with Crippen LogP contribution < -0.4 is 4.74 Å². The second kappa shape index (κ2) is 7.15. The predicted molar refractivity (Wildman–Crippen MR) is 142 cm³/mol. The van der Waals surface area contributed by atoms with Crippen molar-refractivity contribution < 1.29 is 20.1 Å². The normalized spacial score (nSPS) is 13.9. The van der Waals surface area contributed by atoms with Gasteiger partial charge in [-0.1, -0.05) is 60.7 Å². The molecule has 3 N–H and O–H groups in total. The fourth-order valence-corrected chi connectivity index (χ4v) is 5.95. The number of fused-ring (bicyclic) bond motifs is 7. The third-order valence-corrected chi connectivity index (χ3v) is 7.59. The zero-order valence-electron chi connectivity index (χ0n) is 19.5. The zero-order valence-corrected chi connectivity index (χ0v) is 19.5. The van der Waals surface area contributed by atoms with Gasteiger partial charge in [-0.25, -0.2) is 0 Å². The molecular weight excluding hydrogens is 448 g/mol. The quantitative estimate of drug-likeness (QED) is 0.230. The Balaban J connectivity index is 1.70. The maximum absolute atomic E-state index is 11.7. The van der Waals surface area contributed by atoms with Gasteiger partial charge in [0.15, 0.2) is 0 Å². The van der Waals surface area contributed by atoms with Gasteiger partial charge in [-0.15, -0.1) is 0 Å². The Morgan fingerprint density at radius 2 is 1.06 bits per heavy atom. The summed E-state index contributed by atoms with van der Waals surface area (Å²) in [5.41, 5.74) is 1.55. The molecule has 4 heteroatoms. The largest absolute Gasteiger partial charge is 0.508 e. The molecule has 1 aliphatic rings. The van der Waals surface area contributed by atoms with E-state index in [9.17, 15) is 15.3 Å². The molecule has 4 nitrogen and oxygen atoms in total. The Bertz CT molecular complexity index is 1780. The molecule has 0 fully saturated rings. The van der Waals surface area contributed by atoms with Crippen LogP contribution in [0, 0.1) is 0 Å². The van der Waals surface area contributed by atoms with Crippen molar-refractivity contribution in [3.8, 4) is 28.7 Å². The fraction of sp³-hybridized carbons (Fsp3) is 0.0625. The summed E-state index contributed by atoms with van der Waals surface area (Å²) >= 11 is 0. The van der Waals surface area contributed by atoms with Gasteiger partial charge in [-0.2, -0.15) is 0 Å². The Kier molecular flexibility index (Phi) is 4.10. The van der Waals surface area contributed by atoms with E-state index in [0.29, 0.717) is 11.5 Å². The highest BCUT2D eigenvalue weighted by atomic mass is 16.5. The smallest absolute Gasteiger partial charge is 0.132 e. The van der Waals surface area contributed by atoms with Crippen molar-refractivity contribution in [3.63, 3.8) is 0 Å². The number of rotatable bonds is 1. The highest BCUT2D eigenvalue weighted by Crippen LogP contribution is 2.58. The van der Waals surface area contributed by atoms with Gasteiger partial charge in [0, 0.05) is 22.1 Å². The molecule has 0 aromatic heterocycles. The van der Waals surface area contributed by atoms with Gasteiger partial charge in [-0.05, 0) is 70.3 Å². The van der Waals surface area contributed by atoms with Crippen LogP contribution in [0.2, 0.25) is 0 Å². The molecule has 6 aromatic rings. The van der Waals surface area contributed by atoms with Crippen molar-refractivity contribution in [3.05, 3.63) is 114 Å². The van der Waals surface area contributed by atoms with Crippen LogP contribution in [0.4, 0.5) is 0 Å². The van der Waals surface area contributed by atoms with Crippen LogP contribution in [0.5, 0.6) is 28.7 Å². The number of hydrogen-bond acceptors (Lipinski definition) is 4. The average Bonchev–Trinajstić information content (AvgIpc) is 2.88. The van der Waals surface area contributed by atoms with Crippen molar-refractivity contribution in [2.24, 2.45) is 0 Å². The zero-order chi connectivity index (χ0) is 24.6. The van der Waals surface area contributed by atoms with Crippen LogP contribution >= 0.6 is 0 Å². The molecule has 6 aromatic carbocycles. The molecule has 36 heavy (non-hydrogen) atoms. The summed E-state index contributed by atoms with van der Waals surface area (Å²) in [5.74, 6) is 1.83. The highest BCUT2D eigenvalue weighted by Gasteiger charge is 2.44. The van der Waals surface area contributed by atoms with Gasteiger partial charge in [0.05, 0.1) is 5.41 Å². The average molecular weight is 471 g/mol. The molecule has 0 saturated carbocycles. The van der Waals surface area contributed by atoms with E-state index in [1.54, 1.807) is 24.3 Å². The van der Waals surface area contributed by atoms with Crippen molar-refractivity contribution in [2.75, 3.05) is 0 Å². The lowest BCUT2D eigenvalue weighted by Crippen LogP contribution is -2.30. The molecule has 7 rings (SSSR count). The summed E-state index contributed by atoms with van der Waals surface area (Å²) in [6.45, 7) is 2.09. The Morgan fingerprint density at radius 1 is 0.556 bits per heavy atom. The van der Waals surface area contributed by atoms with E-state index in [-0.39, 0.29) is 17.2 Å². The summed E-state index contributed by atoms with van der Waals surface area (Å²) < 4.78 is 6.47.